The number of halogens is 12. The van der Waals surface area contributed by atoms with Gasteiger partial charge in [0, 0.05) is 263 Å². The number of rotatable bonds is 26. The summed E-state index contributed by atoms with van der Waals surface area (Å²) in [7, 11) is 13.1. The predicted molar refractivity (Wildman–Crippen MR) is 558 cm³/mol. The second kappa shape index (κ2) is 49.0. The molecule has 0 aliphatic carbocycles. The Morgan fingerprint density at radius 2 is 0.553 bits per heavy atom. The van der Waals surface area contributed by atoms with Gasteiger partial charge < -0.3 is 112 Å². The van der Waals surface area contributed by atoms with Gasteiger partial charge in [0.15, 0.2) is 23.3 Å². The summed E-state index contributed by atoms with van der Waals surface area (Å²) in [5, 5.41) is 53.6. The van der Waals surface area contributed by atoms with E-state index < -0.39 is 81.6 Å². The molecule has 0 saturated carbocycles. The number of anilines is 8. The minimum atomic E-state index is -0.935. The lowest BCUT2D eigenvalue weighted by Gasteiger charge is -2.36. The Hall–Kier alpha value is -15.6. The van der Waals surface area contributed by atoms with Crippen molar-refractivity contribution < 1.29 is 93.9 Å². The molecule has 0 spiro atoms. The molecular weight excluding hydrogens is 2050 g/mol. The van der Waals surface area contributed by atoms with E-state index in [0.717, 1.165) is 24.3 Å². The maximum absolute atomic E-state index is 16.1. The van der Waals surface area contributed by atoms with E-state index in [1.54, 1.807) is 73.1 Å². The Labute approximate surface area is 875 Å². The summed E-state index contributed by atoms with van der Waals surface area (Å²) in [6.45, 7) is 12.3. The van der Waals surface area contributed by atoms with Crippen LogP contribution in [0.3, 0.4) is 0 Å². The van der Waals surface area contributed by atoms with Crippen molar-refractivity contribution in [1.29, 1.82) is 0 Å². The lowest BCUT2D eigenvalue weighted by atomic mass is 10.0. The van der Waals surface area contributed by atoms with Crippen molar-refractivity contribution in [2.24, 2.45) is 11.5 Å². The van der Waals surface area contributed by atoms with Crippen LogP contribution in [0.25, 0.3) is 88.1 Å². The van der Waals surface area contributed by atoms with Crippen molar-refractivity contribution >= 4 is 185 Å². The summed E-state index contributed by atoms with van der Waals surface area (Å²) >= 11 is 25.8. The minimum absolute atomic E-state index is 0.0496. The number of piperazine rings is 4. The number of phenolic OH excluding ortho intramolecular Hbond substituents is 4. The lowest BCUT2D eigenvalue weighted by Crippen LogP contribution is -2.50. The third-order valence-corrected chi connectivity index (χ3v) is 26.2. The van der Waals surface area contributed by atoms with Gasteiger partial charge in [0.05, 0.1) is 42.3 Å². The zero-order valence-corrected chi connectivity index (χ0v) is 85.9. The maximum Gasteiger partial charge on any atom is 0.314 e. The number of benzene rings is 8. The highest BCUT2D eigenvalue weighted by molar-refractivity contribution is 6.36. The number of aromatic hydroxyl groups is 4. The molecule has 8 heterocycles. The number of hydrogen-bond acceptors (Lipinski definition) is 28. The standard InChI is InChI=1S/C26H29ClF2N6O3.C26H27ClF2N6O3.2C24H26ClF2N7O3/c2*1-4-19(37)34-10-12-35(13-11-34)25-15-14-16(27)21(22-17(28)6-5-7-18(22)36)23(29)24(15)31-26(32-25)30-9-8-20(38)33(2)3;2*1-32(2)17(36)6-7-29-24-30-21-13(22(31-24)33-8-10-34(11-9-33)23(28)37)12-14(25)18(20(21)27)19-15(26)4-3-5-16(19)35/h5-7,14,36H,4,8-13H2,1-3H3,(H,30,31,32);4-7,14,36H,1,8-13H2,2-3H3,(H,30,31,32);2*3-5,12,35H,6-11H2,1-2H3,(H2,28,37)(H,29,30,31). The SMILES string of the molecule is C=CC(=O)N1CCN(c2nc(NCCC(=O)N(C)C)nc3c(F)c(-c4c(O)cccc4F)c(Cl)cc23)CC1.CCC(=O)N1CCN(c2nc(NCCC(=O)N(C)C)nc3c(F)c(-c4c(O)cccc4F)c(Cl)cc23)CC1.CN(C)C(=O)CCNc1nc(N2CCN(C(N)=O)CC2)c2cc(Cl)c(-c3c(O)cccc3F)c(F)c2n1.CN(C)C(=O)CCNc1nc(N2CCN(C(N)=O)CC2)c2cc(Cl)c(-c3c(O)cccc3F)c(F)c2n1. The van der Waals surface area contributed by atoms with Crippen LogP contribution in [0.2, 0.25) is 20.1 Å². The van der Waals surface area contributed by atoms with Crippen molar-refractivity contribution in [1.82, 2.24) is 79.1 Å². The van der Waals surface area contributed by atoms with Crippen molar-refractivity contribution in [3.05, 3.63) is 176 Å². The Bertz CT molecular complexity index is 6900. The second-order valence-electron chi connectivity index (χ2n) is 35.5. The van der Waals surface area contributed by atoms with Crippen LogP contribution in [-0.4, -0.2) is 334 Å². The fourth-order valence-electron chi connectivity index (χ4n) is 16.9. The number of urea groups is 2. The molecule has 4 fully saturated rings. The van der Waals surface area contributed by atoms with Gasteiger partial charge in [-0.2, -0.15) is 19.9 Å². The normalized spacial score (nSPS) is 13.6. The molecule has 0 unspecified atom stereocenters. The summed E-state index contributed by atoms with van der Waals surface area (Å²) in [6.07, 6.45) is 2.28. The number of aromatic nitrogens is 8. The first-order valence-corrected chi connectivity index (χ1v) is 48.7. The summed E-state index contributed by atoms with van der Waals surface area (Å²) in [6, 6.07) is 19.2. The topological polar surface area (TPSA) is 460 Å². The molecule has 0 radical (unpaired) electrons. The highest BCUT2D eigenvalue weighted by Crippen LogP contribution is 2.49. The minimum Gasteiger partial charge on any atom is -0.507 e. The van der Waals surface area contributed by atoms with Crippen molar-refractivity contribution in [3.63, 3.8) is 0 Å². The smallest absolute Gasteiger partial charge is 0.314 e. The summed E-state index contributed by atoms with van der Waals surface area (Å²) in [4.78, 5) is 150. The first-order chi connectivity index (χ1) is 71.4. The zero-order valence-electron chi connectivity index (χ0n) is 82.9. The van der Waals surface area contributed by atoms with E-state index in [-0.39, 0.29) is 214 Å². The number of nitrogens with one attached hydrogen (secondary N) is 4. The highest BCUT2D eigenvalue weighted by Gasteiger charge is 2.36. The van der Waals surface area contributed by atoms with Crippen LogP contribution < -0.4 is 52.3 Å². The number of nitrogens with zero attached hydrogens (tertiary/aromatic N) is 20. The molecule has 794 valence electrons. The van der Waals surface area contributed by atoms with Crippen LogP contribution in [0.15, 0.2) is 110 Å². The molecule has 4 aliphatic rings. The number of fused-ring (bicyclic) bond motifs is 4. The van der Waals surface area contributed by atoms with Gasteiger partial charge in [-0.3, -0.25) is 28.8 Å². The number of carbonyl (C=O) groups excluding carboxylic acids is 8. The molecule has 8 aromatic carbocycles. The van der Waals surface area contributed by atoms with E-state index in [2.05, 4.69) is 67.7 Å². The number of amides is 10. The van der Waals surface area contributed by atoms with E-state index in [1.165, 1.54) is 108 Å². The molecule has 4 saturated heterocycles. The number of hydrogen-bond donors (Lipinski definition) is 10. The van der Waals surface area contributed by atoms with E-state index in [1.807, 2.05) is 19.6 Å². The first-order valence-electron chi connectivity index (χ1n) is 47.1. The van der Waals surface area contributed by atoms with Gasteiger partial charge in [0.2, 0.25) is 59.2 Å². The Morgan fingerprint density at radius 1 is 0.340 bits per heavy atom. The van der Waals surface area contributed by atoms with Crippen LogP contribution in [0.5, 0.6) is 23.0 Å². The molecular formula is C100H108Cl4F8N26O12. The Kier molecular flexibility index (Phi) is 36.5. The van der Waals surface area contributed by atoms with Crippen molar-refractivity contribution in [2.45, 2.75) is 39.0 Å². The number of nitrogens with two attached hydrogens (primary N) is 2. The number of carbonyl (C=O) groups is 8. The maximum atomic E-state index is 16.1. The molecule has 10 amide bonds. The average molecular weight is 2160 g/mol. The van der Waals surface area contributed by atoms with Gasteiger partial charge in [-0.15, -0.1) is 0 Å². The Balaban J connectivity index is 0.000000167. The van der Waals surface area contributed by atoms with Gasteiger partial charge >= 0.3 is 12.1 Å². The summed E-state index contributed by atoms with van der Waals surface area (Å²) in [5.41, 5.74) is 7.42. The van der Waals surface area contributed by atoms with Crippen LogP contribution >= 0.6 is 46.4 Å². The quantitative estimate of drug-likeness (QED) is 0.0178. The number of primary amides is 2. The van der Waals surface area contributed by atoms with Crippen molar-refractivity contribution in [3.8, 4) is 67.5 Å². The molecule has 4 aliphatic heterocycles. The molecule has 50 heteroatoms. The van der Waals surface area contributed by atoms with E-state index in [0.29, 0.717) is 140 Å². The van der Waals surface area contributed by atoms with Crippen molar-refractivity contribution in [2.75, 3.05) is 228 Å². The zero-order chi connectivity index (χ0) is 109. The molecule has 38 nitrogen and oxygen atoms in total. The van der Waals surface area contributed by atoms with Gasteiger partial charge in [0.1, 0.15) is 91.6 Å². The third kappa shape index (κ3) is 25.3. The number of phenols is 4. The molecule has 0 atom stereocenters. The molecule has 12 aromatic rings. The second-order valence-corrected chi connectivity index (χ2v) is 37.1. The highest BCUT2D eigenvalue weighted by atomic mass is 35.5. The fourth-order valence-corrected chi connectivity index (χ4v) is 18.1. The monoisotopic (exact) mass is 2160 g/mol. The fraction of sp³-hybridized carbons (Fsp3) is 0.340. The van der Waals surface area contributed by atoms with Gasteiger partial charge in [0.25, 0.3) is 0 Å². The van der Waals surface area contributed by atoms with Gasteiger partial charge in [-0.1, -0.05) is 84.2 Å². The predicted octanol–water partition coefficient (Wildman–Crippen LogP) is 13.6. The lowest BCUT2D eigenvalue weighted by molar-refractivity contribution is -0.131. The molecule has 4 aromatic heterocycles. The van der Waals surface area contributed by atoms with Crippen LogP contribution in [-0.2, 0) is 28.8 Å². The van der Waals surface area contributed by atoms with Gasteiger partial charge in [-0.25, -0.2) is 64.6 Å². The van der Waals surface area contributed by atoms with Crippen LogP contribution in [0.1, 0.15) is 39.0 Å². The molecule has 12 N–H and O–H groups in total. The van der Waals surface area contributed by atoms with E-state index in [9.17, 15) is 76.3 Å². The third-order valence-electron chi connectivity index (χ3n) is 25.0. The largest absolute Gasteiger partial charge is 0.507 e. The molecule has 150 heavy (non-hydrogen) atoms. The molecule has 16 rings (SSSR count). The average Bonchev–Trinajstić information content (AvgIpc) is 0.757. The summed E-state index contributed by atoms with van der Waals surface area (Å²) in [5.74, 6) is -7.86. The Morgan fingerprint density at radius 3 is 0.747 bits per heavy atom. The van der Waals surface area contributed by atoms with E-state index in [4.69, 9.17) is 57.9 Å². The van der Waals surface area contributed by atoms with E-state index >= 15 is 17.6 Å². The van der Waals surface area contributed by atoms with Crippen LogP contribution in [0, 0.1) is 46.5 Å². The molecule has 0 bridgehead atoms. The summed E-state index contributed by atoms with van der Waals surface area (Å²) < 4.78 is 123. The van der Waals surface area contributed by atoms with Gasteiger partial charge in [-0.05, 0) is 78.9 Å². The first kappa shape index (κ1) is 112. The van der Waals surface area contributed by atoms with Crippen LogP contribution in [0.4, 0.5) is 91.8 Å².